The molecule has 8 heteroatoms. The number of carbonyl (C=O) groups excluding carboxylic acids is 1. The van der Waals surface area contributed by atoms with Gasteiger partial charge >= 0.3 is 6.03 Å². The molecule has 0 bridgehead atoms. The minimum absolute atomic E-state index is 0.0473. The number of ether oxygens (including phenoxy) is 3. The second kappa shape index (κ2) is 10.3. The number of nitrogens with one attached hydrogen (secondary N) is 2. The van der Waals surface area contributed by atoms with Gasteiger partial charge in [-0.2, -0.15) is 0 Å². The van der Waals surface area contributed by atoms with Crippen molar-refractivity contribution in [2.45, 2.75) is 19.4 Å². The van der Waals surface area contributed by atoms with Gasteiger partial charge in [0.15, 0.2) is 23.1 Å². The molecule has 2 aromatic rings. The zero-order valence-electron chi connectivity index (χ0n) is 16.1. The summed E-state index contributed by atoms with van der Waals surface area (Å²) in [6.07, 6.45) is 0.611. The van der Waals surface area contributed by atoms with Crippen molar-refractivity contribution in [3.8, 4) is 17.2 Å². The van der Waals surface area contributed by atoms with Crippen LogP contribution in [0.1, 0.15) is 12.5 Å². The first-order valence-corrected chi connectivity index (χ1v) is 8.76. The van der Waals surface area contributed by atoms with Crippen molar-refractivity contribution in [2.75, 3.05) is 27.4 Å². The minimum atomic E-state index is -0.786. The van der Waals surface area contributed by atoms with Gasteiger partial charge in [-0.1, -0.05) is 6.07 Å². The van der Waals surface area contributed by atoms with Crippen LogP contribution in [0.25, 0.3) is 0 Å². The number of hydrogen-bond acceptors (Lipinski definition) is 4. The van der Waals surface area contributed by atoms with Crippen LogP contribution in [0.2, 0.25) is 0 Å². The smallest absolute Gasteiger partial charge is 0.315 e. The maximum atomic E-state index is 13.5. The maximum absolute atomic E-state index is 13.5. The van der Waals surface area contributed by atoms with Crippen LogP contribution in [0.15, 0.2) is 36.4 Å². The Morgan fingerprint density at radius 1 is 1.04 bits per heavy atom. The molecular weight excluding hydrogens is 370 g/mol. The van der Waals surface area contributed by atoms with Crippen molar-refractivity contribution < 1.29 is 27.8 Å². The lowest BCUT2D eigenvalue weighted by Crippen LogP contribution is -2.43. The summed E-state index contributed by atoms with van der Waals surface area (Å²) in [6.45, 7) is 2.18. The van der Waals surface area contributed by atoms with E-state index in [1.54, 1.807) is 21.1 Å². The summed E-state index contributed by atoms with van der Waals surface area (Å²) in [7, 11) is 3.13. The molecule has 0 spiro atoms. The van der Waals surface area contributed by atoms with E-state index in [0.29, 0.717) is 24.5 Å². The van der Waals surface area contributed by atoms with E-state index in [-0.39, 0.29) is 24.4 Å². The first kappa shape index (κ1) is 21.3. The lowest BCUT2D eigenvalue weighted by Gasteiger charge is -2.16. The molecule has 0 saturated carbocycles. The van der Waals surface area contributed by atoms with E-state index in [1.165, 1.54) is 6.07 Å². The molecule has 6 nitrogen and oxygen atoms in total. The molecule has 0 saturated heterocycles. The van der Waals surface area contributed by atoms with Crippen LogP contribution >= 0.6 is 0 Å². The highest BCUT2D eigenvalue weighted by atomic mass is 19.1. The SMILES string of the molecule is COc1ccc(CCNC(=O)NC(C)COc2ccc(F)cc2F)cc1OC. The van der Waals surface area contributed by atoms with Crippen molar-refractivity contribution >= 4 is 6.03 Å². The quantitative estimate of drug-likeness (QED) is 0.685. The summed E-state index contributed by atoms with van der Waals surface area (Å²) in [5, 5.41) is 5.44. The Bertz CT molecular complexity index is 802. The third kappa shape index (κ3) is 6.29. The summed E-state index contributed by atoms with van der Waals surface area (Å²) in [5.74, 6) is -0.257. The average molecular weight is 394 g/mol. The molecule has 0 aliphatic rings. The fraction of sp³-hybridized carbons (Fsp3) is 0.350. The third-order valence-electron chi connectivity index (χ3n) is 3.91. The molecule has 2 rings (SSSR count). The molecule has 2 N–H and O–H groups in total. The van der Waals surface area contributed by atoms with Gasteiger partial charge in [0.1, 0.15) is 12.4 Å². The Labute approximate surface area is 162 Å². The predicted octanol–water partition coefficient (Wildman–Crippen LogP) is 3.29. The van der Waals surface area contributed by atoms with Crippen LogP contribution in [-0.4, -0.2) is 39.4 Å². The predicted molar refractivity (Wildman–Crippen MR) is 101 cm³/mol. The van der Waals surface area contributed by atoms with Gasteiger partial charge in [0, 0.05) is 12.6 Å². The van der Waals surface area contributed by atoms with Crippen molar-refractivity contribution in [2.24, 2.45) is 0 Å². The van der Waals surface area contributed by atoms with Gasteiger partial charge in [-0.05, 0) is 43.2 Å². The molecule has 28 heavy (non-hydrogen) atoms. The Morgan fingerprint density at radius 2 is 1.75 bits per heavy atom. The van der Waals surface area contributed by atoms with E-state index in [4.69, 9.17) is 14.2 Å². The highest BCUT2D eigenvalue weighted by Gasteiger charge is 2.11. The van der Waals surface area contributed by atoms with Crippen molar-refractivity contribution in [3.05, 3.63) is 53.6 Å². The number of hydrogen-bond donors (Lipinski definition) is 2. The van der Waals surface area contributed by atoms with Crippen molar-refractivity contribution in [1.82, 2.24) is 10.6 Å². The van der Waals surface area contributed by atoms with Crippen molar-refractivity contribution in [1.29, 1.82) is 0 Å². The number of halogens is 2. The van der Waals surface area contributed by atoms with Crippen LogP contribution in [0.4, 0.5) is 13.6 Å². The van der Waals surface area contributed by atoms with Crippen molar-refractivity contribution in [3.63, 3.8) is 0 Å². The number of urea groups is 1. The van der Waals surface area contributed by atoms with Gasteiger partial charge < -0.3 is 24.8 Å². The highest BCUT2D eigenvalue weighted by molar-refractivity contribution is 5.74. The maximum Gasteiger partial charge on any atom is 0.315 e. The number of methoxy groups -OCH3 is 2. The fourth-order valence-electron chi connectivity index (χ4n) is 2.48. The summed E-state index contributed by atoms with van der Waals surface area (Å²) >= 11 is 0. The monoisotopic (exact) mass is 394 g/mol. The number of amides is 2. The minimum Gasteiger partial charge on any atom is -0.493 e. The lowest BCUT2D eigenvalue weighted by molar-refractivity contribution is 0.224. The molecule has 0 aromatic heterocycles. The van der Waals surface area contributed by atoms with E-state index in [2.05, 4.69) is 10.6 Å². The van der Waals surface area contributed by atoms with Crippen LogP contribution in [-0.2, 0) is 6.42 Å². The molecule has 2 aromatic carbocycles. The molecule has 0 fully saturated rings. The van der Waals surface area contributed by atoms with Gasteiger partial charge in [-0.15, -0.1) is 0 Å². The van der Waals surface area contributed by atoms with Gasteiger partial charge in [0.05, 0.1) is 20.3 Å². The molecule has 1 unspecified atom stereocenters. The Hall–Kier alpha value is -3.03. The van der Waals surface area contributed by atoms with E-state index in [0.717, 1.165) is 17.7 Å². The first-order valence-electron chi connectivity index (χ1n) is 8.76. The standard InChI is InChI=1S/C20H24F2N2O4/c1-13(12-28-17-7-5-15(21)11-16(17)22)24-20(25)23-9-8-14-4-6-18(26-2)19(10-14)27-3/h4-7,10-11,13H,8-9,12H2,1-3H3,(H2,23,24,25). The summed E-state index contributed by atoms with van der Waals surface area (Å²) in [4.78, 5) is 11.9. The Balaban J connectivity index is 1.73. The largest absolute Gasteiger partial charge is 0.493 e. The Kier molecular flexibility index (Phi) is 7.86. The van der Waals surface area contributed by atoms with Crippen LogP contribution in [0, 0.1) is 11.6 Å². The molecule has 0 aliphatic heterocycles. The topological polar surface area (TPSA) is 68.8 Å². The third-order valence-corrected chi connectivity index (χ3v) is 3.91. The molecular formula is C20H24F2N2O4. The lowest BCUT2D eigenvalue weighted by atomic mass is 10.1. The first-order chi connectivity index (χ1) is 13.4. The Morgan fingerprint density at radius 3 is 2.43 bits per heavy atom. The van der Waals surface area contributed by atoms with E-state index in [1.807, 2.05) is 18.2 Å². The molecule has 0 aliphatic carbocycles. The van der Waals surface area contributed by atoms with E-state index >= 15 is 0 Å². The van der Waals surface area contributed by atoms with Crippen LogP contribution in [0.3, 0.4) is 0 Å². The number of rotatable bonds is 9. The number of benzene rings is 2. The second-order valence-electron chi connectivity index (χ2n) is 6.13. The summed E-state index contributed by atoms with van der Waals surface area (Å²) in [6, 6.07) is 7.89. The molecule has 0 heterocycles. The van der Waals surface area contributed by atoms with Gasteiger partial charge in [0.2, 0.25) is 0 Å². The summed E-state index contributed by atoms with van der Waals surface area (Å²) < 4.78 is 42.1. The van der Waals surface area contributed by atoms with Crippen LogP contribution in [0.5, 0.6) is 17.2 Å². The highest BCUT2D eigenvalue weighted by Crippen LogP contribution is 2.27. The normalized spacial score (nSPS) is 11.5. The van der Waals surface area contributed by atoms with Gasteiger partial charge in [0.25, 0.3) is 0 Å². The molecule has 152 valence electrons. The second-order valence-corrected chi connectivity index (χ2v) is 6.13. The molecule has 2 amide bonds. The van der Waals surface area contributed by atoms with Crippen LogP contribution < -0.4 is 24.8 Å². The zero-order chi connectivity index (χ0) is 20.5. The zero-order valence-corrected chi connectivity index (χ0v) is 16.1. The number of carbonyl (C=O) groups is 1. The van der Waals surface area contributed by atoms with Gasteiger partial charge in [-0.3, -0.25) is 0 Å². The molecule has 1 atom stereocenters. The van der Waals surface area contributed by atoms with E-state index < -0.39 is 11.6 Å². The fourth-order valence-corrected chi connectivity index (χ4v) is 2.48. The molecule has 0 radical (unpaired) electrons. The van der Waals surface area contributed by atoms with Gasteiger partial charge in [-0.25, -0.2) is 13.6 Å². The summed E-state index contributed by atoms with van der Waals surface area (Å²) in [5.41, 5.74) is 0.987. The van der Waals surface area contributed by atoms with E-state index in [9.17, 15) is 13.6 Å². The average Bonchev–Trinajstić information content (AvgIpc) is 2.67.